The zero-order valence-corrected chi connectivity index (χ0v) is 22.0. The predicted octanol–water partition coefficient (Wildman–Crippen LogP) is 6.06. The number of rotatable bonds is 6. The summed E-state index contributed by atoms with van der Waals surface area (Å²) >= 11 is 0. The van der Waals surface area contributed by atoms with E-state index in [1.807, 2.05) is 44.2 Å². The van der Waals surface area contributed by atoms with Gasteiger partial charge in [0.15, 0.2) is 17.3 Å². The van der Waals surface area contributed by atoms with Crippen molar-refractivity contribution < 1.29 is 28.2 Å². The monoisotopic (exact) mass is 505 g/mol. The highest BCUT2D eigenvalue weighted by Gasteiger charge is 2.46. The molecule has 7 heteroatoms. The zero-order chi connectivity index (χ0) is 26.1. The van der Waals surface area contributed by atoms with Crippen LogP contribution in [0.15, 0.2) is 51.0 Å². The Morgan fingerprint density at radius 1 is 0.973 bits per heavy atom. The van der Waals surface area contributed by atoms with Gasteiger partial charge in [-0.25, -0.2) is 0 Å². The van der Waals surface area contributed by atoms with Gasteiger partial charge in [-0.3, -0.25) is 14.6 Å². The number of furan rings is 1. The summed E-state index contributed by atoms with van der Waals surface area (Å²) in [5, 5.41) is 0. The minimum atomic E-state index is -0.673. The Bertz CT molecular complexity index is 1250. The summed E-state index contributed by atoms with van der Waals surface area (Å²) in [6, 6.07) is 9.52. The first kappa shape index (κ1) is 25.3. The van der Waals surface area contributed by atoms with Gasteiger partial charge in [-0.05, 0) is 81.7 Å². The Labute approximate surface area is 217 Å². The maximum absolute atomic E-state index is 13.8. The quantitative estimate of drug-likeness (QED) is 0.444. The summed E-state index contributed by atoms with van der Waals surface area (Å²) < 4.78 is 22.9. The van der Waals surface area contributed by atoms with Gasteiger partial charge in [0.2, 0.25) is 0 Å². The van der Waals surface area contributed by atoms with Gasteiger partial charge < -0.3 is 18.6 Å². The fourth-order valence-corrected chi connectivity index (χ4v) is 6.06. The van der Waals surface area contributed by atoms with Crippen LogP contribution in [0.4, 0.5) is 0 Å². The van der Waals surface area contributed by atoms with Crippen molar-refractivity contribution in [2.75, 3.05) is 14.2 Å². The molecule has 2 heterocycles. The van der Waals surface area contributed by atoms with Crippen LogP contribution in [0.5, 0.6) is 11.5 Å². The van der Waals surface area contributed by atoms with Gasteiger partial charge in [0.1, 0.15) is 23.5 Å². The van der Waals surface area contributed by atoms with E-state index in [1.54, 1.807) is 14.2 Å². The number of ether oxygens (including phenoxy) is 3. The minimum Gasteiger partial charge on any atom is -0.493 e. The molecular weight excluding hydrogens is 470 g/mol. The van der Waals surface area contributed by atoms with E-state index >= 15 is 0 Å². The van der Waals surface area contributed by atoms with Crippen LogP contribution in [-0.2, 0) is 14.3 Å². The maximum Gasteiger partial charge on any atom is 0.316 e. The highest BCUT2D eigenvalue weighted by Crippen LogP contribution is 2.48. The molecule has 1 saturated carbocycles. The molecule has 0 bridgehead atoms. The van der Waals surface area contributed by atoms with Crippen molar-refractivity contribution in [2.24, 2.45) is 10.9 Å². The molecule has 1 fully saturated rings. The second kappa shape index (κ2) is 10.6. The number of esters is 1. The number of Topliss-reactive ketones (excluding diaryl/α,β-unsaturated/α-hetero) is 1. The Kier molecular flexibility index (Phi) is 7.22. The molecule has 0 spiro atoms. The normalized spacial score (nSPS) is 24.4. The van der Waals surface area contributed by atoms with Crippen molar-refractivity contribution in [3.8, 4) is 11.5 Å². The van der Waals surface area contributed by atoms with Crippen molar-refractivity contribution in [1.82, 2.24) is 0 Å². The smallest absolute Gasteiger partial charge is 0.316 e. The first-order chi connectivity index (χ1) is 17.9. The van der Waals surface area contributed by atoms with Crippen LogP contribution in [0, 0.1) is 12.8 Å². The van der Waals surface area contributed by atoms with E-state index in [4.69, 9.17) is 23.6 Å². The lowest BCUT2D eigenvalue weighted by Gasteiger charge is -2.36. The molecule has 0 amide bonds. The average molecular weight is 506 g/mol. The number of aryl methyl sites for hydroxylation is 1. The van der Waals surface area contributed by atoms with E-state index < -0.39 is 11.8 Å². The molecule has 0 saturated heterocycles. The molecule has 3 aliphatic rings. The number of hydrogen-bond acceptors (Lipinski definition) is 7. The third kappa shape index (κ3) is 4.96. The molecule has 0 N–H and O–H groups in total. The molecule has 1 aromatic carbocycles. The number of allylic oxidation sites excluding steroid dienone is 2. The predicted molar refractivity (Wildman–Crippen MR) is 139 cm³/mol. The summed E-state index contributed by atoms with van der Waals surface area (Å²) in [5.41, 5.74) is 2.98. The van der Waals surface area contributed by atoms with Crippen molar-refractivity contribution in [1.29, 1.82) is 0 Å². The van der Waals surface area contributed by atoms with Crippen molar-refractivity contribution >= 4 is 17.5 Å². The fourth-order valence-electron chi connectivity index (χ4n) is 6.06. The molecule has 1 aliphatic heterocycles. The average Bonchev–Trinajstić information content (AvgIpc) is 3.33. The van der Waals surface area contributed by atoms with Crippen molar-refractivity contribution in [3.63, 3.8) is 0 Å². The second-order valence-corrected chi connectivity index (χ2v) is 10.4. The lowest BCUT2D eigenvalue weighted by atomic mass is 9.70. The van der Waals surface area contributed by atoms with E-state index in [9.17, 15) is 9.59 Å². The summed E-state index contributed by atoms with van der Waals surface area (Å²) in [6.07, 6.45) is 5.94. The molecule has 1 aromatic heterocycles. The number of benzene rings is 1. The molecule has 3 unspecified atom stereocenters. The van der Waals surface area contributed by atoms with Crippen molar-refractivity contribution in [2.45, 2.75) is 76.7 Å². The molecule has 2 aromatic rings. The highest BCUT2D eigenvalue weighted by molar-refractivity contribution is 6.09. The van der Waals surface area contributed by atoms with Crippen LogP contribution in [0.25, 0.3) is 0 Å². The van der Waals surface area contributed by atoms with Gasteiger partial charge in [0.05, 0.1) is 20.1 Å². The molecule has 2 aliphatic carbocycles. The van der Waals surface area contributed by atoms with Crippen LogP contribution in [0.2, 0.25) is 0 Å². The molecule has 5 rings (SSSR count). The number of aliphatic imine (C=N–C) groups is 1. The first-order valence-corrected chi connectivity index (χ1v) is 13.2. The highest BCUT2D eigenvalue weighted by atomic mass is 16.5. The molecule has 196 valence electrons. The number of hydrogen-bond donors (Lipinski definition) is 0. The summed E-state index contributed by atoms with van der Waals surface area (Å²) in [5.74, 6) is 1.06. The van der Waals surface area contributed by atoms with Gasteiger partial charge >= 0.3 is 5.97 Å². The Morgan fingerprint density at radius 3 is 2.41 bits per heavy atom. The van der Waals surface area contributed by atoms with Crippen LogP contribution in [0.1, 0.15) is 80.8 Å². The van der Waals surface area contributed by atoms with Crippen molar-refractivity contribution in [3.05, 3.63) is 58.7 Å². The number of carbonyl (C=O) groups is 2. The zero-order valence-electron chi connectivity index (χ0n) is 22.0. The van der Waals surface area contributed by atoms with Gasteiger partial charge in [0.25, 0.3) is 0 Å². The fraction of sp³-hybridized carbons (Fsp3) is 0.500. The first-order valence-electron chi connectivity index (χ1n) is 13.2. The topological polar surface area (TPSA) is 87.3 Å². The van der Waals surface area contributed by atoms with Gasteiger partial charge in [-0.1, -0.05) is 12.5 Å². The second-order valence-electron chi connectivity index (χ2n) is 10.4. The lowest BCUT2D eigenvalue weighted by Crippen LogP contribution is -2.39. The summed E-state index contributed by atoms with van der Waals surface area (Å²) in [7, 11) is 3.20. The molecule has 37 heavy (non-hydrogen) atoms. The van der Waals surface area contributed by atoms with E-state index in [2.05, 4.69) is 0 Å². The van der Waals surface area contributed by atoms with Gasteiger partial charge in [-0.2, -0.15) is 0 Å². The largest absolute Gasteiger partial charge is 0.493 e. The standard InChI is InChI=1S/C30H35NO6/c1-17-10-12-25(36-17)29-27(30(33)37-21-8-6-5-7-9-21)18(2)31-22-14-20(15-23(32)28(22)29)19-11-13-24(34-3)26(16-19)35-4/h10-13,16,20-21,27,29H,5-9,14-15H2,1-4H3. The van der Waals surface area contributed by atoms with Crippen LogP contribution >= 0.6 is 0 Å². The number of carbonyl (C=O) groups excluding carboxylic acids is 2. The molecular formula is C30H35NO6. The third-order valence-corrected chi connectivity index (χ3v) is 7.92. The molecule has 0 radical (unpaired) electrons. The Hall–Kier alpha value is -3.35. The van der Waals surface area contributed by atoms with Crippen LogP contribution in [-0.4, -0.2) is 37.8 Å². The summed E-state index contributed by atoms with van der Waals surface area (Å²) in [4.78, 5) is 32.2. The molecule has 7 nitrogen and oxygen atoms in total. The minimum absolute atomic E-state index is 0.00759. The Balaban J connectivity index is 1.49. The van der Waals surface area contributed by atoms with Gasteiger partial charge in [0, 0.05) is 23.4 Å². The number of nitrogens with zero attached hydrogens (tertiary/aromatic N) is 1. The number of methoxy groups -OCH3 is 2. The van der Waals surface area contributed by atoms with Gasteiger partial charge in [-0.15, -0.1) is 0 Å². The van der Waals surface area contributed by atoms with E-state index in [0.29, 0.717) is 41.4 Å². The summed E-state index contributed by atoms with van der Waals surface area (Å²) in [6.45, 7) is 3.73. The SMILES string of the molecule is COc1ccc(C2CC(=O)C3=C(C2)N=C(C)C(C(=O)OC2CCCCC2)C3c2ccc(C)o2)cc1OC. The van der Waals surface area contributed by atoms with E-state index in [0.717, 1.165) is 42.7 Å². The van der Waals surface area contributed by atoms with Crippen LogP contribution < -0.4 is 9.47 Å². The molecule has 3 atom stereocenters. The maximum atomic E-state index is 13.8. The lowest BCUT2D eigenvalue weighted by molar-refractivity contribution is -0.153. The van der Waals surface area contributed by atoms with E-state index in [1.165, 1.54) is 6.42 Å². The van der Waals surface area contributed by atoms with E-state index in [-0.39, 0.29) is 23.8 Å². The third-order valence-electron chi connectivity index (χ3n) is 7.92. The van der Waals surface area contributed by atoms with Crippen LogP contribution in [0.3, 0.4) is 0 Å². The Morgan fingerprint density at radius 2 is 1.73 bits per heavy atom. The number of ketones is 1.